The van der Waals surface area contributed by atoms with E-state index in [9.17, 15) is 5.11 Å². The molecule has 1 aliphatic carbocycles. The topological polar surface area (TPSA) is 58.6 Å². The van der Waals surface area contributed by atoms with E-state index >= 15 is 0 Å². The molecule has 0 unspecified atom stereocenters. The number of piperazine rings is 1. The zero-order chi connectivity index (χ0) is 17.5. The molecule has 24 heavy (non-hydrogen) atoms. The summed E-state index contributed by atoms with van der Waals surface area (Å²) in [4.78, 5) is 2.97. The summed E-state index contributed by atoms with van der Waals surface area (Å²) in [5.41, 5.74) is 0. The summed E-state index contributed by atoms with van der Waals surface area (Å²) in [7, 11) is 0. The number of aliphatic hydroxyl groups excluding tert-OH is 2. The lowest BCUT2D eigenvalue weighted by atomic mass is 9.75. The number of aliphatic hydroxyl groups is 2. The minimum atomic E-state index is -0.357. The van der Waals surface area contributed by atoms with Crippen molar-refractivity contribution < 1.29 is 24.7 Å². The Morgan fingerprint density at radius 3 is 2.38 bits per heavy atom. The van der Waals surface area contributed by atoms with Gasteiger partial charge in [-0.15, -0.1) is 0 Å². The van der Waals surface area contributed by atoms with Gasteiger partial charge in [-0.2, -0.15) is 0 Å². The summed E-state index contributed by atoms with van der Waals surface area (Å²) in [6.45, 7) is 13.7. The van der Waals surface area contributed by atoms with Gasteiger partial charge in [0.2, 0.25) is 0 Å². The molecule has 1 aliphatic heterocycles. The first-order valence-electron chi connectivity index (χ1n) is 10.1. The van der Waals surface area contributed by atoms with E-state index in [0.29, 0.717) is 24.5 Å². The molecular weight excluding hydrogens is 304 g/mol. The normalized spacial score (nSPS) is 36.0. The number of rotatable bonds is 8. The van der Waals surface area contributed by atoms with Crippen LogP contribution >= 0.6 is 0 Å². The van der Waals surface area contributed by atoms with Crippen molar-refractivity contribution in [3.8, 4) is 0 Å². The van der Waals surface area contributed by atoms with Gasteiger partial charge in [0.25, 0.3) is 0 Å². The van der Waals surface area contributed by atoms with Gasteiger partial charge < -0.3 is 24.7 Å². The maximum atomic E-state index is 10.4. The molecule has 5 heteroatoms. The Morgan fingerprint density at radius 2 is 1.75 bits per heavy atom. The average molecular weight is 345 g/mol. The molecule has 1 heterocycles. The SMILES string of the molecule is CC(C)[C@H]1CC[C@@H](C)C[C@H]1OC[C@H](O)C[NH+]1CC[NH+](CCO)CC1. The second-order valence-corrected chi connectivity index (χ2v) is 8.53. The van der Waals surface area contributed by atoms with Crippen LogP contribution in [0.2, 0.25) is 0 Å². The van der Waals surface area contributed by atoms with Crippen LogP contribution in [-0.4, -0.2) is 74.9 Å². The largest absolute Gasteiger partial charge is 0.391 e. The highest BCUT2D eigenvalue weighted by Crippen LogP contribution is 2.35. The Labute approximate surface area is 148 Å². The summed E-state index contributed by atoms with van der Waals surface area (Å²) < 4.78 is 6.19. The quantitative estimate of drug-likeness (QED) is 0.438. The molecule has 0 amide bonds. The van der Waals surface area contributed by atoms with E-state index in [-0.39, 0.29) is 12.7 Å². The van der Waals surface area contributed by atoms with Crippen molar-refractivity contribution in [2.75, 3.05) is 52.5 Å². The number of quaternary nitrogens is 2. The van der Waals surface area contributed by atoms with Crippen molar-refractivity contribution in [2.45, 2.75) is 52.2 Å². The average Bonchev–Trinajstić information content (AvgIpc) is 2.55. The van der Waals surface area contributed by atoms with Gasteiger partial charge in [0.1, 0.15) is 45.4 Å². The van der Waals surface area contributed by atoms with Crippen LogP contribution in [0.1, 0.15) is 40.0 Å². The van der Waals surface area contributed by atoms with Crippen LogP contribution in [0, 0.1) is 17.8 Å². The van der Waals surface area contributed by atoms with Crippen molar-refractivity contribution in [3.63, 3.8) is 0 Å². The van der Waals surface area contributed by atoms with Crippen molar-refractivity contribution in [2.24, 2.45) is 17.8 Å². The first kappa shape index (κ1) is 20.1. The van der Waals surface area contributed by atoms with Crippen LogP contribution in [0.5, 0.6) is 0 Å². The summed E-state index contributed by atoms with van der Waals surface area (Å²) in [6.07, 6.45) is 3.69. The van der Waals surface area contributed by atoms with Crippen molar-refractivity contribution in [1.82, 2.24) is 0 Å². The molecule has 0 radical (unpaired) electrons. The second-order valence-electron chi connectivity index (χ2n) is 8.53. The van der Waals surface area contributed by atoms with Crippen LogP contribution in [-0.2, 0) is 4.74 Å². The maximum Gasteiger partial charge on any atom is 0.127 e. The van der Waals surface area contributed by atoms with E-state index in [1.165, 1.54) is 22.6 Å². The summed E-state index contributed by atoms with van der Waals surface area (Å²) in [5, 5.41) is 19.4. The number of hydrogen-bond acceptors (Lipinski definition) is 3. The molecule has 1 saturated heterocycles. The van der Waals surface area contributed by atoms with Crippen LogP contribution in [0.25, 0.3) is 0 Å². The Hall–Kier alpha value is -0.200. The van der Waals surface area contributed by atoms with E-state index in [4.69, 9.17) is 9.84 Å². The smallest absolute Gasteiger partial charge is 0.127 e. The molecule has 0 aromatic rings. The number of hydrogen-bond donors (Lipinski definition) is 4. The van der Waals surface area contributed by atoms with Crippen molar-refractivity contribution >= 4 is 0 Å². The summed E-state index contributed by atoms with van der Waals surface area (Å²) >= 11 is 0. The lowest BCUT2D eigenvalue weighted by Crippen LogP contribution is -3.28. The fraction of sp³-hybridized carbons (Fsp3) is 1.00. The second kappa shape index (κ2) is 10.1. The molecule has 0 aromatic heterocycles. The van der Waals surface area contributed by atoms with E-state index < -0.39 is 0 Å². The van der Waals surface area contributed by atoms with Crippen LogP contribution in [0.15, 0.2) is 0 Å². The zero-order valence-electron chi connectivity index (χ0n) is 16.0. The molecule has 142 valence electrons. The van der Waals surface area contributed by atoms with E-state index in [1.54, 1.807) is 0 Å². The molecule has 0 bridgehead atoms. The Balaban J connectivity index is 1.69. The van der Waals surface area contributed by atoms with Crippen molar-refractivity contribution in [1.29, 1.82) is 0 Å². The van der Waals surface area contributed by atoms with Crippen molar-refractivity contribution in [3.05, 3.63) is 0 Å². The predicted molar refractivity (Wildman–Crippen MR) is 95.3 cm³/mol. The van der Waals surface area contributed by atoms with Crippen LogP contribution < -0.4 is 9.80 Å². The van der Waals surface area contributed by atoms with Gasteiger partial charge in [0.05, 0.1) is 19.3 Å². The molecule has 1 saturated carbocycles. The van der Waals surface area contributed by atoms with Gasteiger partial charge in [-0.25, -0.2) is 0 Å². The standard InChI is InChI=1S/C19H38N2O3/c1-15(2)18-5-4-16(3)12-19(18)24-14-17(23)13-21-8-6-20(7-9-21)10-11-22/h15-19,22-23H,4-14H2,1-3H3/p+2/t16-,17-,18-,19-/m1/s1. The Morgan fingerprint density at radius 1 is 1.08 bits per heavy atom. The molecule has 2 aliphatic rings. The third kappa shape index (κ3) is 6.26. The van der Waals surface area contributed by atoms with Gasteiger partial charge in [0.15, 0.2) is 0 Å². The lowest BCUT2D eigenvalue weighted by molar-refractivity contribution is -1.01. The fourth-order valence-electron chi connectivity index (χ4n) is 4.50. The van der Waals surface area contributed by atoms with Gasteiger partial charge in [0, 0.05) is 0 Å². The number of nitrogens with one attached hydrogen (secondary N) is 2. The van der Waals surface area contributed by atoms with E-state index in [2.05, 4.69) is 20.8 Å². The highest BCUT2D eigenvalue weighted by molar-refractivity contribution is 4.81. The number of ether oxygens (including phenoxy) is 1. The third-order valence-corrected chi connectivity index (χ3v) is 6.12. The molecule has 0 aromatic carbocycles. The third-order valence-electron chi connectivity index (χ3n) is 6.12. The van der Waals surface area contributed by atoms with Gasteiger partial charge in [-0.1, -0.05) is 27.2 Å². The first-order chi connectivity index (χ1) is 11.5. The van der Waals surface area contributed by atoms with Gasteiger partial charge in [-0.05, 0) is 30.6 Å². The first-order valence-corrected chi connectivity index (χ1v) is 10.1. The molecule has 4 atom stereocenters. The minimum Gasteiger partial charge on any atom is -0.391 e. The Kier molecular flexibility index (Phi) is 8.44. The van der Waals surface area contributed by atoms with Gasteiger partial charge in [-0.3, -0.25) is 0 Å². The monoisotopic (exact) mass is 344 g/mol. The molecule has 0 spiro atoms. The Bertz CT molecular complexity index is 346. The molecule has 4 N–H and O–H groups in total. The zero-order valence-corrected chi connectivity index (χ0v) is 16.0. The lowest BCUT2D eigenvalue weighted by Gasteiger charge is -2.37. The minimum absolute atomic E-state index is 0.276. The highest BCUT2D eigenvalue weighted by atomic mass is 16.5. The molecule has 5 nitrogen and oxygen atoms in total. The van der Waals surface area contributed by atoms with Crippen LogP contribution in [0.3, 0.4) is 0 Å². The molecular formula is C19H40N2O3+2. The van der Waals surface area contributed by atoms with Crippen LogP contribution in [0.4, 0.5) is 0 Å². The van der Waals surface area contributed by atoms with E-state index in [0.717, 1.165) is 51.6 Å². The molecule has 2 fully saturated rings. The summed E-state index contributed by atoms with van der Waals surface area (Å²) in [5.74, 6) is 2.05. The summed E-state index contributed by atoms with van der Waals surface area (Å²) in [6, 6.07) is 0. The van der Waals surface area contributed by atoms with E-state index in [1.807, 2.05) is 0 Å². The predicted octanol–water partition coefficient (Wildman–Crippen LogP) is -1.40. The maximum absolute atomic E-state index is 10.4. The highest BCUT2D eigenvalue weighted by Gasteiger charge is 2.32. The van der Waals surface area contributed by atoms with Gasteiger partial charge >= 0.3 is 0 Å². The fourth-order valence-corrected chi connectivity index (χ4v) is 4.50. The molecule has 2 rings (SSSR count).